The van der Waals surface area contributed by atoms with Gasteiger partial charge in [-0.25, -0.2) is 0 Å². The molecule has 2 atom stereocenters. The monoisotopic (exact) mass is 326 g/mol. The number of likely N-dealkylation sites (tertiary alicyclic amines) is 1. The van der Waals surface area contributed by atoms with Crippen molar-refractivity contribution < 1.29 is 5.11 Å². The summed E-state index contributed by atoms with van der Waals surface area (Å²) in [5.41, 5.74) is 2.14. The van der Waals surface area contributed by atoms with Gasteiger partial charge in [0.25, 0.3) is 0 Å². The van der Waals surface area contributed by atoms with Crippen molar-refractivity contribution in [2.24, 2.45) is 5.92 Å². The first-order valence-corrected chi connectivity index (χ1v) is 7.64. The van der Waals surface area contributed by atoms with Crippen molar-refractivity contribution in [2.75, 3.05) is 38.6 Å². The van der Waals surface area contributed by atoms with Gasteiger partial charge < -0.3 is 14.9 Å². The largest absolute Gasteiger partial charge is 0.389 e. The van der Waals surface area contributed by atoms with Gasteiger partial charge in [0.2, 0.25) is 0 Å². The molecule has 106 valence electrons. The second-order valence-corrected chi connectivity index (χ2v) is 6.53. The molecule has 0 radical (unpaired) electrons. The summed E-state index contributed by atoms with van der Waals surface area (Å²) in [6.45, 7) is 5.28. The van der Waals surface area contributed by atoms with Gasteiger partial charge in [-0.15, -0.1) is 0 Å². The third-order valence-corrected chi connectivity index (χ3v) is 4.58. The van der Waals surface area contributed by atoms with Gasteiger partial charge in [-0.1, -0.05) is 22.0 Å². The van der Waals surface area contributed by atoms with Crippen molar-refractivity contribution in [3.05, 3.63) is 28.2 Å². The summed E-state index contributed by atoms with van der Waals surface area (Å²) in [7, 11) is 4.33. The van der Waals surface area contributed by atoms with Crippen LogP contribution in [0.4, 0.5) is 5.69 Å². The maximum atomic E-state index is 9.64. The van der Waals surface area contributed by atoms with Gasteiger partial charge in [-0.3, -0.25) is 0 Å². The summed E-state index contributed by atoms with van der Waals surface area (Å²) in [6.07, 6.45) is 0.852. The second-order valence-electron chi connectivity index (χ2n) is 5.68. The number of nitrogens with zero attached hydrogens (tertiary/aromatic N) is 2. The van der Waals surface area contributed by atoms with E-state index in [9.17, 15) is 5.11 Å². The molecule has 1 fully saturated rings. The van der Waals surface area contributed by atoms with Gasteiger partial charge in [0.05, 0.1) is 6.10 Å². The van der Waals surface area contributed by atoms with Crippen LogP contribution in [0, 0.1) is 5.92 Å². The molecule has 1 aromatic carbocycles. The van der Waals surface area contributed by atoms with Crippen LogP contribution in [0.3, 0.4) is 0 Å². The van der Waals surface area contributed by atoms with E-state index in [0.717, 1.165) is 22.5 Å². The Bertz CT molecular complexity index is 436. The van der Waals surface area contributed by atoms with Crippen molar-refractivity contribution in [1.29, 1.82) is 0 Å². The summed E-state index contributed by atoms with van der Waals surface area (Å²) in [6, 6.07) is 6.19. The average Bonchev–Trinajstić information content (AvgIpc) is 2.74. The highest BCUT2D eigenvalue weighted by atomic mass is 79.9. The van der Waals surface area contributed by atoms with E-state index in [1.54, 1.807) is 6.92 Å². The first-order chi connectivity index (χ1) is 8.97. The van der Waals surface area contributed by atoms with E-state index >= 15 is 0 Å². The molecule has 1 aliphatic heterocycles. The first-order valence-electron chi connectivity index (χ1n) is 6.84. The molecule has 2 rings (SSSR count). The fourth-order valence-corrected chi connectivity index (χ4v) is 3.46. The Kier molecular flexibility index (Phi) is 4.87. The Balaban J connectivity index is 2.03. The first kappa shape index (κ1) is 14.8. The van der Waals surface area contributed by atoms with Crippen LogP contribution in [0.5, 0.6) is 0 Å². The number of benzene rings is 1. The molecule has 0 spiro atoms. The van der Waals surface area contributed by atoms with Crippen LogP contribution in [-0.4, -0.2) is 43.7 Å². The molecule has 1 unspecified atom stereocenters. The van der Waals surface area contributed by atoms with Crippen molar-refractivity contribution in [1.82, 2.24) is 4.90 Å². The normalized spacial score (nSPS) is 21.6. The Morgan fingerprint density at radius 3 is 2.79 bits per heavy atom. The molecule has 0 aromatic heterocycles. The minimum Gasteiger partial charge on any atom is -0.389 e. The maximum Gasteiger partial charge on any atom is 0.0772 e. The van der Waals surface area contributed by atoms with Crippen LogP contribution in [-0.2, 0) is 0 Å². The number of hydrogen-bond donors (Lipinski definition) is 1. The predicted molar refractivity (Wildman–Crippen MR) is 83.6 cm³/mol. The third-order valence-electron chi connectivity index (χ3n) is 3.90. The molecule has 19 heavy (non-hydrogen) atoms. The van der Waals surface area contributed by atoms with Crippen molar-refractivity contribution in [3.8, 4) is 0 Å². The van der Waals surface area contributed by atoms with E-state index in [0.29, 0.717) is 0 Å². The average molecular weight is 327 g/mol. The minimum atomic E-state index is -0.433. The van der Waals surface area contributed by atoms with E-state index < -0.39 is 6.10 Å². The summed E-state index contributed by atoms with van der Waals surface area (Å²) in [5.74, 6) is 0.755. The van der Waals surface area contributed by atoms with Gasteiger partial charge in [0, 0.05) is 30.3 Å². The summed E-state index contributed by atoms with van der Waals surface area (Å²) in [4.78, 5) is 4.70. The molecule has 1 aliphatic rings. The topological polar surface area (TPSA) is 26.7 Å². The number of halogens is 1. The number of hydrogen-bond acceptors (Lipinski definition) is 3. The van der Waals surface area contributed by atoms with Crippen LogP contribution in [0.2, 0.25) is 0 Å². The van der Waals surface area contributed by atoms with E-state index in [1.165, 1.54) is 25.2 Å². The smallest absolute Gasteiger partial charge is 0.0772 e. The molecule has 0 saturated carbocycles. The lowest BCUT2D eigenvalue weighted by Crippen LogP contribution is -2.27. The number of aliphatic hydroxyl groups is 1. The Morgan fingerprint density at radius 2 is 2.26 bits per heavy atom. The molecule has 0 aliphatic carbocycles. The summed E-state index contributed by atoms with van der Waals surface area (Å²) >= 11 is 3.54. The fourth-order valence-electron chi connectivity index (χ4n) is 2.76. The molecular weight excluding hydrogens is 304 g/mol. The van der Waals surface area contributed by atoms with Crippen molar-refractivity contribution in [2.45, 2.75) is 19.4 Å². The zero-order chi connectivity index (χ0) is 14.0. The number of rotatable bonds is 4. The molecule has 1 saturated heterocycles. The standard InChI is InChI=1S/C15H23BrN2O/c1-11(19)14-5-4-13(8-15(14)16)18(3)10-12-6-7-17(2)9-12/h4-5,8,11-12,19H,6-7,9-10H2,1-3H3/t11-,12?/m0/s1. The van der Waals surface area contributed by atoms with Crippen LogP contribution in [0.1, 0.15) is 25.0 Å². The zero-order valence-electron chi connectivity index (χ0n) is 11.9. The fraction of sp³-hybridized carbons (Fsp3) is 0.600. The van der Waals surface area contributed by atoms with Gasteiger partial charge in [-0.2, -0.15) is 0 Å². The predicted octanol–water partition coefficient (Wildman–Crippen LogP) is 2.89. The molecule has 1 heterocycles. The Hall–Kier alpha value is -0.580. The van der Waals surface area contributed by atoms with E-state index in [2.05, 4.69) is 52.0 Å². The highest BCUT2D eigenvalue weighted by molar-refractivity contribution is 9.10. The highest BCUT2D eigenvalue weighted by Crippen LogP contribution is 2.28. The zero-order valence-corrected chi connectivity index (χ0v) is 13.5. The molecule has 0 amide bonds. The lowest BCUT2D eigenvalue weighted by Gasteiger charge is -2.24. The van der Waals surface area contributed by atoms with Gasteiger partial charge in [-0.05, 0) is 50.6 Å². The minimum absolute atomic E-state index is 0.433. The molecule has 3 nitrogen and oxygen atoms in total. The second kappa shape index (κ2) is 6.25. The molecule has 0 bridgehead atoms. The molecule has 4 heteroatoms. The lowest BCUT2D eigenvalue weighted by molar-refractivity contribution is 0.198. The SMILES string of the molecule is C[C@H](O)c1ccc(N(C)CC2CCN(C)C2)cc1Br. The summed E-state index contributed by atoms with van der Waals surface area (Å²) < 4.78 is 0.982. The van der Waals surface area contributed by atoms with Gasteiger partial charge >= 0.3 is 0 Å². The quantitative estimate of drug-likeness (QED) is 0.921. The molecular formula is C15H23BrN2O. The molecule has 1 aromatic rings. The van der Waals surface area contributed by atoms with Crippen LogP contribution < -0.4 is 4.90 Å². The van der Waals surface area contributed by atoms with Crippen molar-refractivity contribution >= 4 is 21.6 Å². The number of anilines is 1. The van der Waals surface area contributed by atoms with Crippen molar-refractivity contribution in [3.63, 3.8) is 0 Å². The molecule has 1 N–H and O–H groups in total. The van der Waals surface area contributed by atoms with E-state index in [-0.39, 0.29) is 0 Å². The van der Waals surface area contributed by atoms with Gasteiger partial charge in [0.15, 0.2) is 0 Å². The third kappa shape index (κ3) is 3.71. The Labute approximate surface area is 124 Å². The number of aliphatic hydroxyl groups excluding tert-OH is 1. The van der Waals surface area contributed by atoms with E-state index in [1.807, 2.05) is 6.07 Å². The highest BCUT2D eigenvalue weighted by Gasteiger charge is 2.21. The van der Waals surface area contributed by atoms with Gasteiger partial charge in [0.1, 0.15) is 0 Å². The van der Waals surface area contributed by atoms with Crippen LogP contribution in [0.25, 0.3) is 0 Å². The Morgan fingerprint density at radius 1 is 1.53 bits per heavy atom. The van der Waals surface area contributed by atoms with Crippen LogP contribution in [0.15, 0.2) is 22.7 Å². The van der Waals surface area contributed by atoms with Crippen LogP contribution >= 0.6 is 15.9 Å². The maximum absolute atomic E-state index is 9.64. The lowest BCUT2D eigenvalue weighted by atomic mass is 10.1. The van der Waals surface area contributed by atoms with E-state index in [4.69, 9.17) is 0 Å². The summed E-state index contributed by atoms with van der Waals surface area (Å²) in [5, 5.41) is 9.64.